The number of carbonyl (C=O) groups excluding carboxylic acids is 1. The Labute approximate surface area is 111 Å². The molecule has 0 bridgehead atoms. The quantitative estimate of drug-likeness (QED) is 0.620. The molecule has 0 amide bonds. The first-order chi connectivity index (χ1) is 9.08. The summed E-state index contributed by atoms with van der Waals surface area (Å²) in [7, 11) is 0. The van der Waals surface area contributed by atoms with Gasteiger partial charge in [0.25, 0.3) is 0 Å². The largest absolute Gasteiger partial charge is 0.417 e. The number of hydrogen-bond acceptors (Lipinski definition) is 2. The second-order valence-electron chi connectivity index (χ2n) is 4.02. The third-order valence-electron chi connectivity index (χ3n) is 2.59. The van der Waals surface area contributed by atoms with Gasteiger partial charge in [0, 0.05) is 17.8 Å². The van der Waals surface area contributed by atoms with Crippen LogP contribution in [0.4, 0.5) is 32.0 Å². The Kier molecular flexibility index (Phi) is 4.67. The maximum atomic E-state index is 12.7. The molecule has 0 aromatic heterocycles. The van der Waals surface area contributed by atoms with Gasteiger partial charge in [-0.2, -0.15) is 26.3 Å². The summed E-state index contributed by atoms with van der Waals surface area (Å²) in [5.74, 6) is 0. The molecule has 0 saturated carbocycles. The summed E-state index contributed by atoms with van der Waals surface area (Å²) in [6.45, 7) is -0.0783. The van der Waals surface area contributed by atoms with E-state index in [1.165, 1.54) is 6.92 Å². The standard InChI is InChI=1S/C12H11F6NO/c1-2-19(7-11(13,14)15)9-4-3-8(6-20)10(5-9)12(16,17)18/h3-6H,2,7H2,1H3. The van der Waals surface area contributed by atoms with Gasteiger partial charge in [0.1, 0.15) is 6.54 Å². The number of carbonyl (C=O) groups is 1. The highest BCUT2D eigenvalue weighted by atomic mass is 19.4. The molecule has 0 saturated heterocycles. The maximum absolute atomic E-state index is 12.7. The molecule has 1 rings (SSSR count). The monoisotopic (exact) mass is 299 g/mol. The van der Waals surface area contributed by atoms with Crippen LogP contribution >= 0.6 is 0 Å². The summed E-state index contributed by atoms with van der Waals surface area (Å²) in [4.78, 5) is 11.3. The molecule has 0 atom stereocenters. The van der Waals surface area contributed by atoms with E-state index < -0.39 is 30.0 Å². The number of halogens is 6. The number of benzene rings is 1. The van der Waals surface area contributed by atoms with Gasteiger partial charge in [0.05, 0.1) is 5.56 Å². The van der Waals surface area contributed by atoms with Crippen LogP contribution in [0.3, 0.4) is 0 Å². The number of hydrogen-bond donors (Lipinski definition) is 0. The van der Waals surface area contributed by atoms with Crippen LogP contribution in [0.25, 0.3) is 0 Å². The zero-order valence-corrected chi connectivity index (χ0v) is 10.3. The van der Waals surface area contributed by atoms with Gasteiger partial charge >= 0.3 is 12.4 Å². The lowest BCUT2D eigenvalue weighted by Crippen LogP contribution is -2.34. The zero-order valence-electron chi connectivity index (χ0n) is 10.3. The molecule has 0 fully saturated rings. The maximum Gasteiger partial charge on any atom is 0.417 e. The van der Waals surface area contributed by atoms with E-state index in [9.17, 15) is 31.1 Å². The molecule has 0 unspecified atom stereocenters. The van der Waals surface area contributed by atoms with Crippen LogP contribution in [-0.2, 0) is 6.18 Å². The van der Waals surface area contributed by atoms with Gasteiger partial charge in [-0.3, -0.25) is 4.79 Å². The molecule has 0 aliphatic heterocycles. The molecule has 0 N–H and O–H groups in total. The van der Waals surface area contributed by atoms with Crippen molar-refractivity contribution in [3.63, 3.8) is 0 Å². The fourth-order valence-corrected chi connectivity index (χ4v) is 1.69. The fourth-order valence-electron chi connectivity index (χ4n) is 1.69. The minimum atomic E-state index is -4.80. The molecule has 1 aromatic carbocycles. The van der Waals surface area contributed by atoms with Gasteiger partial charge in [0.15, 0.2) is 6.29 Å². The van der Waals surface area contributed by atoms with E-state index in [4.69, 9.17) is 0 Å². The van der Waals surface area contributed by atoms with Gasteiger partial charge < -0.3 is 4.90 Å². The first-order valence-electron chi connectivity index (χ1n) is 5.56. The van der Waals surface area contributed by atoms with E-state index in [1.807, 2.05) is 0 Å². The van der Waals surface area contributed by atoms with Crippen molar-refractivity contribution in [1.29, 1.82) is 0 Å². The van der Waals surface area contributed by atoms with Crippen LogP contribution in [0, 0.1) is 0 Å². The third-order valence-corrected chi connectivity index (χ3v) is 2.59. The average molecular weight is 299 g/mol. The minimum absolute atomic E-state index is 0.0205. The SMILES string of the molecule is CCN(CC(F)(F)F)c1ccc(C=O)c(C(F)(F)F)c1. The summed E-state index contributed by atoms with van der Waals surface area (Å²) in [6.07, 6.45) is -9.31. The summed E-state index contributed by atoms with van der Waals surface area (Å²) in [6, 6.07) is 2.48. The molecule has 20 heavy (non-hydrogen) atoms. The number of alkyl halides is 6. The summed E-state index contributed by atoms with van der Waals surface area (Å²) < 4.78 is 75.2. The van der Waals surface area contributed by atoms with Crippen LogP contribution in [0.2, 0.25) is 0 Å². The fraction of sp³-hybridized carbons (Fsp3) is 0.417. The highest BCUT2D eigenvalue weighted by molar-refractivity contribution is 5.79. The topological polar surface area (TPSA) is 20.3 Å². The van der Waals surface area contributed by atoms with Gasteiger partial charge in [-0.15, -0.1) is 0 Å². The zero-order chi connectivity index (χ0) is 15.6. The van der Waals surface area contributed by atoms with Gasteiger partial charge in [0.2, 0.25) is 0 Å². The molecular formula is C12H11F6NO. The summed E-state index contributed by atoms with van der Waals surface area (Å²) >= 11 is 0. The van der Waals surface area contributed by atoms with Crippen molar-refractivity contribution in [1.82, 2.24) is 0 Å². The molecule has 0 heterocycles. The van der Waals surface area contributed by atoms with Crippen molar-refractivity contribution in [2.24, 2.45) is 0 Å². The highest BCUT2D eigenvalue weighted by Gasteiger charge is 2.35. The van der Waals surface area contributed by atoms with Crippen LogP contribution < -0.4 is 4.90 Å². The van der Waals surface area contributed by atoms with E-state index in [2.05, 4.69) is 0 Å². The number of anilines is 1. The Morgan fingerprint density at radius 1 is 1.15 bits per heavy atom. The lowest BCUT2D eigenvalue weighted by molar-refractivity contribution is -0.137. The van der Waals surface area contributed by atoms with Crippen LogP contribution in [0.1, 0.15) is 22.8 Å². The molecule has 2 nitrogen and oxygen atoms in total. The molecule has 0 spiro atoms. The smallest absolute Gasteiger partial charge is 0.363 e. The lowest BCUT2D eigenvalue weighted by Gasteiger charge is -2.25. The summed E-state index contributed by atoms with van der Waals surface area (Å²) in [5, 5.41) is 0. The first-order valence-corrected chi connectivity index (χ1v) is 5.56. The molecular weight excluding hydrogens is 288 g/mol. The molecule has 1 aromatic rings. The van der Waals surface area contributed by atoms with E-state index in [0.29, 0.717) is 6.07 Å². The normalized spacial score (nSPS) is 12.3. The Hall–Kier alpha value is -1.73. The van der Waals surface area contributed by atoms with Crippen LogP contribution in [0.15, 0.2) is 18.2 Å². The minimum Gasteiger partial charge on any atom is -0.363 e. The Morgan fingerprint density at radius 2 is 1.75 bits per heavy atom. The molecule has 8 heteroatoms. The molecule has 0 aliphatic carbocycles. The first kappa shape index (κ1) is 16.3. The Morgan fingerprint density at radius 3 is 2.15 bits per heavy atom. The molecule has 112 valence electrons. The average Bonchev–Trinajstić information content (AvgIpc) is 2.33. The predicted molar refractivity (Wildman–Crippen MR) is 60.8 cm³/mol. The van der Waals surface area contributed by atoms with Crippen molar-refractivity contribution < 1.29 is 31.1 Å². The predicted octanol–water partition coefficient (Wildman–Crippen LogP) is 3.91. The van der Waals surface area contributed by atoms with E-state index in [-0.39, 0.29) is 18.5 Å². The summed E-state index contributed by atoms with van der Waals surface area (Å²) in [5.41, 5.74) is -2.09. The number of nitrogens with zero attached hydrogens (tertiary/aromatic N) is 1. The van der Waals surface area contributed by atoms with Gasteiger partial charge in [-0.05, 0) is 25.1 Å². The van der Waals surface area contributed by atoms with Crippen LogP contribution in [-0.4, -0.2) is 25.6 Å². The highest BCUT2D eigenvalue weighted by Crippen LogP contribution is 2.34. The lowest BCUT2D eigenvalue weighted by atomic mass is 10.1. The van der Waals surface area contributed by atoms with E-state index >= 15 is 0 Å². The van der Waals surface area contributed by atoms with Crippen molar-refractivity contribution in [2.75, 3.05) is 18.0 Å². The second kappa shape index (κ2) is 5.72. The van der Waals surface area contributed by atoms with Gasteiger partial charge in [-0.25, -0.2) is 0 Å². The second-order valence-corrected chi connectivity index (χ2v) is 4.02. The van der Waals surface area contributed by atoms with Crippen LogP contribution in [0.5, 0.6) is 0 Å². The van der Waals surface area contributed by atoms with Crippen molar-refractivity contribution in [3.05, 3.63) is 29.3 Å². The van der Waals surface area contributed by atoms with Gasteiger partial charge in [-0.1, -0.05) is 0 Å². The van der Waals surface area contributed by atoms with Crippen molar-refractivity contribution in [3.8, 4) is 0 Å². The number of aldehydes is 1. The Bertz CT molecular complexity index is 480. The number of rotatable bonds is 4. The van der Waals surface area contributed by atoms with E-state index in [0.717, 1.165) is 17.0 Å². The molecule has 0 radical (unpaired) electrons. The van der Waals surface area contributed by atoms with Crippen molar-refractivity contribution in [2.45, 2.75) is 19.3 Å². The molecule has 0 aliphatic rings. The third kappa shape index (κ3) is 4.14. The Balaban J connectivity index is 3.22. The van der Waals surface area contributed by atoms with E-state index in [1.54, 1.807) is 0 Å². The van der Waals surface area contributed by atoms with Crippen molar-refractivity contribution >= 4 is 12.0 Å².